The number of hydrogen-bond acceptors (Lipinski definition) is 12. The van der Waals surface area contributed by atoms with Gasteiger partial charge in [0.15, 0.2) is 0 Å². The monoisotopic (exact) mass is 2010 g/mol. The van der Waals surface area contributed by atoms with Crippen molar-refractivity contribution in [3.63, 3.8) is 0 Å². The summed E-state index contributed by atoms with van der Waals surface area (Å²) in [5.74, 6) is 0.892. The first-order chi connectivity index (χ1) is 57.7. The predicted molar refractivity (Wildman–Crippen MR) is 544 cm³/mol. The first-order valence-electron chi connectivity index (χ1n) is 47.1. The molecule has 129 heavy (non-hydrogen) atoms. The van der Waals surface area contributed by atoms with Crippen molar-refractivity contribution in [3.8, 4) is 34.5 Å². The molecule has 12 nitrogen and oxygen atoms in total. The van der Waals surface area contributed by atoms with E-state index in [9.17, 15) is 30.6 Å². The fraction of sp³-hybridized carbons (Fsp3) is 0.632. The summed E-state index contributed by atoms with van der Waals surface area (Å²) >= 11 is 0. The van der Waals surface area contributed by atoms with Crippen LogP contribution < -0.4 is 30.6 Å². The Morgan fingerprint density at radius 2 is 0.248 bits per heavy atom. The Morgan fingerprint density at radius 1 is 0.155 bits per heavy atom. The maximum atomic E-state index is 11.7. The fourth-order valence-electron chi connectivity index (χ4n) is 12.9. The Balaban J connectivity index is -0.00000136. The van der Waals surface area contributed by atoms with Crippen LogP contribution >= 0.6 is 0 Å². The third-order valence-electron chi connectivity index (χ3n) is 21.6. The van der Waals surface area contributed by atoms with Gasteiger partial charge in [-0.15, -0.1) is 34.5 Å². The number of hydrogen-bond donors (Lipinski definition) is 0. The van der Waals surface area contributed by atoms with E-state index in [2.05, 4.69) is 286 Å². The molecule has 0 bridgehead atoms. The van der Waals surface area contributed by atoms with Crippen LogP contribution in [0.15, 0.2) is 146 Å². The molecule has 6 aliphatic rings. The Morgan fingerprint density at radius 3 is 0.310 bits per heavy atom. The van der Waals surface area contributed by atoms with E-state index in [0.29, 0.717) is 0 Å². The van der Waals surface area contributed by atoms with Crippen molar-refractivity contribution >= 4 is 136 Å². The zero-order valence-electron chi connectivity index (χ0n) is 88.8. The average molecular weight is 2010 g/mol. The van der Waals surface area contributed by atoms with Crippen molar-refractivity contribution in [1.82, 2.24) is 0 Å². The molecule has 0 unspecified atom stereocenters. The molecule has 6 heterocycles. The summed E-state index contributed by atoms with van der Waals surface area (Å²) in [5.41, 5.74) is 13.0. The molecule has 6 saturated heterocycles. The van der Waals surface area contributed by atoms with Crippen molar-refractivity contribution in [1.29, 1.82) is 0 Å². The van der Waals surface area contributed by atoms with Crippen molar-refractivity contribution in [2.45, 2.75) is 391 Å². The minimum Gasteiger partial charge on any atom is -0.872 e. The molecule has 6 fully saturated rings. The summed E-state index contributed by atoms with van der Waals surface area (Å²) in [4.78, 5) is 0. The maximum absolute atomic E-state index is 11.7. The maximum Gasteiger partial charge on any atom is 2.00 e. The van der Waals surface area contributed by atoms with Gasteiger partial charge in [0, 0.05) is 79.3 Å². The van der Waals surface area contributed by atoms with Gasteiger partial charge >= 0.3 is 136 Å². The van der Waals surface area contributed by atoms with Crippen molar-refractivity contribution in [2.75, 3.05) is 79.3 Å². The van der Waals surface area contributed by atoms with Gasteiger partial charge in [-0.2, -0.15) is 0 Å². The van der Waals surface area contributed by atoms with Crippen molar-refractivity contribution in [2.24, 2.45) is 0 Å². The molecule has 7 aromatic carbocycles. The molecule has 15 heteroatoms. The third-order valence-corrected chi connectivity index (χ3v) is 21.6. The number of benzene rings is 7. The molecular formula is C114H180O12Sr3. The van der Waals surface area contributed by atoms with E-state index in [-0.39, 0.29) is 236 Å². The first kappa shape index (κ1) is 131. The second kappa shape index (κ2) is 61.8. The second-order valence-electron chi connectivity index (χ2n) is 46.3. The summed E-state index contributed by atoms with van der Waals surface area (Å²) in [5, 5.41) is 70.5. The van der Waals surface area contributed by atoms with Crippen molar-refractivity contribution < 1.29 is 59.1 Å². The standard InChI is InChI=1S/6C14H22O.C6H6.6C4H8O.3Sr/c6*1-13(2,3)10-7-8-12(15)11(9-10)14(4,5)6;1-2-4-6-5-3-1;6*1-2-4-5-3-1;;;/h6*7-9,15H,1-6H3;1-6H;6*1-4H2;;;/q;;;;;;;;;;;;;3*+2/p-6. The van der Waals surface area contributed by atoms with E-state index < -0.39 is 0 Å². The fourth-order valence-corrected chi connectivity index (χ4v) is 12.9. The quantitative estimate of drug-likeness (QED) is 0.131. The van der Waals surface area contributed by atoms with Crippen LogP contribution in [-0.2, 0) is 93.4 Å². The minimum atomic E-state index is -0.0711. The largest absolute Gasteiger partial charge is 2.00 e. The van der Waals surface area contributed by atoms with Crippen LogP contribution in [0, 0.1) is 0 Å². The van der Waals surface area contributed by atoms with E-state index in [0.717, 1.165) is 113 Å². The van der Waals surface area contributed by atoms with Crippen LogP contribution in [0.2, 0.25) is 0 Å². The van der Waals surface area contributed by atoms with E-state index >= 15 is 0 Å². The van der Waals surface area contributed by atoms with Gasteiger partial charge in [0.05, 0.1) is 0 Å². The number of rotatable bonds is 0. The Hall–Kier alpha value is -2.46. The van der Waals surface area contributed by atoms with Crippen LogP contribution in [0.5, 0.6) is 34.5 Å². The molecule has 0 aliphatic carbocycles. The Labute approximate surface area is 902 Å². The zero-order valence-corrected chi connectivity index (χ0v) is 99.3. The van der Waals surface area contributed by atoms with Crippen LogP contribution in [0.25, 0.3) is 0 Å². The van der Waals surface area contributed by atoms with E-state index in [4.69, 9.17) is 28.4 Å². The van der Waals surface area contributed by atoms with Crippen LogP contribution in [0.3, 0.4) is 0 Å². The normalized spacial score (nSPS) is 15.0. The second-order valence-corrected chi connectivity index (χ2v) is 46.3. The van der Waals surface area contributed by atoms with Gasteiger partial charge < -0.3 is 59.1 Å². The predicted octanol–water partition coefficient (Wildman–Crippen LogP) is 25.5. The molecule has 13 rings (SSSR count). The summed E-state index contributed by atoms with van der Waals surface area (Å²) in [7, 11) is 0. The van der Waals surface area contributed by atoms with Gasteiger partial charge in [-0.05, 0) is 175 Å². The molecule has 714 valence electrons. The average Bonchev–Trinajstić information content (AvgIpc) is 1.13. The summed E-state index contributed by atoms with van der Waals surface area (Å²) < 4.78 is 29.7. The van der Waals surface area contributed by atoms with Gasteiger partial charge in [0.2, 0.25) is 0 Å². The summed E-state index contributed by atoms with van der Waals surface area (Å²) in [6, 6.07) is 46.2. The van der Waals surface area contributed by atoms with Gasteiger partial charge in [-0.1, -0.05) is 428 Å². The third kappa shape index (κ3) is 56.9. The van der Waals surface area contributed by atoms with Gasteiger partial charge in [0.1, 0.15) is 0 Å². The topological polar surface area (TPSA) is 194 Å². The van der Waals surface area contributed by atoms with E-state index in [1.807, 2.05) is 72.8 Å². The zero-order chi connectivity index (χ0) is 96.6. The molecule has 0 saturated carbocycles. The molecule has 0 radical (unpaired) electrons. The molecule has 0 amide bonds. The molecule has 0 aromatic heterocycles. The van der Waals surface area contributed by atoms with Gasteiger partial charge in [-0.3, -0.25) is 0 Å². The molecular weight excluding hydrogens is 1820 g/mol. The van der Waals surface area contributed by atoms with Crippen LogP contribution in [-0.4, -0.2) is 216 Å². The molecule has 0 N–H and O–H groups in total. The number of ether oxygens (including phenoxy) is 6. The smallest absolute Gasteiger partial charge is 0.872 e. The van der Waals surface area contributed by atoms with Crippen molar-refractivity contribution in [3.05, 3.63) is 212 Å². The van der Waals surface area contributed by atoms with Gasteiger partial charge in [-0.25, -0.2) is 0 Å². The van der Waals surface area contributed by atoms with E-state index in [1.165, 1.54) is 110 Å². The Bertz CT molecular complexity index is 3380. The minimum absolute atomic E-state index is 0. The Kier molecular flexibility index (Phi) is 62.6. The molecule has 0 spiro atoms. The van der Waals surface area contributed by atoms with E-state index in [1.54, 1.807) is 36.4 Å². The molecule has 0 atom stereocenters. The van der Waals surface area contributed by atoms with Crippen LogP contribution in [0.1, 0.15) is 393 Å². The molecule has 6 aliphatic heterocycles. The molecule has 7 aromatic rings. The first-order valence-corrected chi connectivity index (χ1v) is 47.1. The summed E-state index contributed by atoms with van der Waals surface area (Å²) in [6.45, 7) is 88.4. The van der Waals surface area contributed by atoms with Gasteiger partial charge in [0.25, 0.3) is 0 Å². The summed E-state index contributed by atoms with van der Waals surface area (Å²) in [6.07, 6.45) is 15.3. The SMILES string of the molecule is C1CCOC1.C1CCOC1.C1CCOC1.C1CCOC1.C1CCOC1.C1CCOC1.CC(C)(C)c1ccc([O-])c(C(C)(C)C)c1.CC(C)(C)c1ccc([O-])c(C(C)(C)C)c1.CC(C)(C)c1ccc([O-])c(C(C)(C)C)c1.CC(C)(C)c1ccc([O-])c(C(C)(C)C)c1.CC(C)(C)c1ccc([O-])c(C(C)(C)C)c1.CC(C)(C)c1ccc([O-])c(C(C)(C)C)c1.[Sr+2].[Sr+2].[Sr+2].c1ccccc1. The van der Waals surface area contributed by atoms with Crippen LogP contribution in [0.4, 0.5) is 0 Å².